The molecule has 1 aromatic carbocycles. The van der Waals surface area contributed by atoms with Gasteiger partial charge in [-0.05, 0) is 47.4 Å². The van der Waals surface area contributed by atoms with E-state index in [0.717, 1.165) is 12.0 Å². The Hall–Kier alpha value is -1.23. The Kier molecular flexibility index (Phi) is 7.41. The van der Waals surface area contributed by atoms with E-state index >= 15 is 0 Å². The minimum absolute atomic E-state index is 0.249. The summed E-state index contributed by atoms with van der Waals surface area (Å²) in [6.07, 6.45) is 2.04. The van der Waals surface area contributed by atoms with E-state index in [-0.39, 0.29) is 12.6 Å². The molecule has 0 aliphatic heterocycles. The van der Waals surface area contributed by atoms with Crippen molar-refractivity contribution < 1.29 is 14.7 Å². The first-order valence-electron chi connectivity index (χ1n) is 7.40. The second kappa shape index (κ2) is 9.31. The van der Waals surface area contributed by atoms with E-state index in [1.165, 1.54) is 0 Å². The van der Waals surface area contributed by atoms with Crippen LogP contribution in [0.4, 0.5) is 0 Å². The van der Waals surface area contributed by atoms with Gasteiger partial charge in [0.2, 0.25) is 0 Å². The van der Waals surface area contributed by atoms with Gasteiger partial charge < -0.3 is 20.4 Å². The van der Waals surface area contributed by atoms with Gasteiger partial charge >= 0.3 is 7.32 Å². The summed E-state index contributed by atoms with van der Waals surface area (Å²) >= 11 is 11.9. The SMILES string of the molecule is NC(CCCCOB(O)O)c1nnnn1Cc1ccc(Cl)c(Cl)c1. The molecule has 1 aromatic heterocycles. The highest BCUT2D eigenvalue weighted by atomic mass is 35.5. The van der Waals surface area contributed by atoms with Crippen LogP contribution >= 0.6 is 23.2 Å². The van der Waals surface area contributed by atoms with Gasteiger partial charge in [-0.25, -0.2) is 4.68 Å². The van der Waals surface area contributed by atoms with Crippen molar-refractivity contribution >= 4 is 30.5 Å². The van der Waals surface area contributed by atoms with Gasteiger partial charge in [0.25, 0.3) is 0 Å². The molecular formula is C13H18BCl2N5O3. The molecule has 0 aliphatic rings. The van der Waals surface area contributed by atoms with E-state index in [2.05, 4.69) is 20.2 Å². The van der Waals surface area contributed by atoms with Crippen LogP contribution in [0.5, 0.6) is 0 Å². The topological polar surface area (TPSA) is 119 Å². The maximum Gasteiger partial charge on any atom is 0.633 e. The van der Waals surface area contributed by atoms with Crippen molar-refractivity contribution in [2.75, 3.05) is 6.61 Å². The van der Waals surface area contributed by atoms with Crippen molar-refractivity contribution in [2.24, 2.45) is 5.73 Å². The van der Waals surface area contributed by atoms with E-state index in [1.54, 1.807) is 16.8 Å². The third kappa shape index (κ3) is 5.69. The van der Waals surface area contributed by atoms with E-state index < -0.39 is 7.32 Å². The Morgan fingerprint density at radius 2 is 2.04 bits per heavy atom. The standard InChI is InChI=1S/C13H18BCl2N5O3/c15-10-5-4-9(7-11(10)16)8-21-13(18-19-20-21)12(17)3-1-2-6-24-14(22)23/h4-5,7,12,22-23H,1-3,6,8,17H2. The van der Waals surface area contributed by atoms with Gasteiger partial charge in [-0.15, -0.1) is 5.10 Å². The summed E-state index contributed by atoms with van der Waals surface area (Å²) in [5.41, 5.74) is 7.05. The summed E-state index contributed by atoms with van der Waals surface area (Å²) in [5.74, 6) is 0.573. The highest BCUT2D eigenvalue weighted by Crippen LogP contribution is 2.23. The van der Waals surface area contributed by atoms with Crippen molar-refractivity contribution in [3.05, 3.63) is 39.6 Å². The second-order valence-electron chi connectivity index (χ2n) is 5.24. The lowest BCUT2D eigenvalue weighted by Crippen LogP contribution is -2.19. The lowest BCUT2D eigenvalue weighted by Gasteiger charge is -2.12. The minimum Gasteiger partial charge on any atom is -0.402 e. The zero-order valence-corrected chi connectivity index (χ0v) is 14.4. The van der Waals surface area contributed by atoms with E-state index in [9.17, 15) is 0 Å². The quantitative estimate of drug-likeness (QED) is 0.446. The molecule has 0 bridgehead atoms. The summed E-state index contributed by atoms with van der Waals surface area (Å²) in [7, 11) is -1.74. The predicted molar refractivity (Wildman–Crippen MR) is 90.3 cm³/mol. The minimum atomic E-state index is -1.74. The Morgan fingerprint density at radius 1 is 1.25 bits per heavy atom. The highest BCUT2D eigenvalue weighted by Gasteiger charge is 2.16. The van der Waals surface area contributed by atoms with E-state index in [1.807, 2.05) is 6.07 Å². The smallest absolute Gasteiger partial charge is 0.402 e. The summed E-state index contributed by atoms with van der Waals surface area (Å²) < 4.78 is 6.26. The summed E-state index contributed by atoms with van der Waals surface area (Å²) in [4.78, 5) is 0. The predicted octanol–water partition coefficient (Wildman–Crippen LogP) is 1.18. The van der Waals surface area contributed by atoms with Crippen LogP contribution in [0.15, 0.2) is 18.2 Å². The van der Waals surface area contributed by atoms with Crippen molar-refractivity contribution in [1.29, 1.82) is 0 Å². The molecule has 0 saturated heterocycles. The number of nitrogens with zero attached hydrogens (tertiary/aromatic N) is 4. The van der Waals surface area contributed by atoms with Crippen LogP contribution in [-0.4, -0.2) is 44.2 Å². The number of tetrazole rings is 1. The molecule has 1 unspecified atom stereocenters. The molecule has 0 saturated carbocycles. The van der Waals surface area contributed by atoms with Crippen LogP contribution in [0.25, 0.3) is 0 Å². The first-order chi connectivity index (χ1) is 11.5. The van der Waals surface area contributed by atoms with Crippen LogP contribution in [0.2, 0.25) is 10.0 Å². The molecule has 2 aromatic rings. The van der Waals surface area contributed by atoms with Gasteiger partial charge in [-0.1, -0.05) is 29.3 Å². The number of aromatic nitrogens is 4. The number of nitrogens with two attached hydrogens (primary N) is 1. The third-order valence-electron chi connectivity index (χ3n) is 3.38. The zero-order valence-electron chi connectivity index (χ0n) is 12.8. The van der Waals surface area contributed by atoms with Crippen LogP contribution in [0.1, 0.15) is 36.7 Å². The van der Waals surface area contributed by atoms with Gasteiger partial charge in [-0.2, -0.15) is 0 Å². The second-order valence-corrected chi connectivity index (χ2v) is 6.06. The largest absolute Gasteiger partial charge is 0.633 e. The van der Waals surface area contributed by atoms with Gasteiger partial charge in [0.15, 0.2) is 5.82 Å². The Bertz CT molecular complexity index is 658. The maximum atomic E-state index is 8.59. The molecule has 11 heteroatoms. The first kappa shape index (κ1) is 19.1. The fourth-order valence-electron chi connectivity index (χ4n) is 2.18. The molecule has 4 N–H and O–H groups in total. The molecule has 130 valence electrons. The fraction of sp³-hybridized carbons (Fsp3) is 0.462. The Labute approximate surface area is 149 Å². The molecule has 1 heterocycles. The number of unbranched alkanes of at least 4 members (excludes halogenated alkanes) is 1. The summed E-state index contributed by atoms with van der Waals surface area (Å²) in [6.45, 7) is 0.686. The molecule has 2 rings (SSSR count). The van der Waals surface area contributed by atoms with Crippen molar-refractivity contribution in [2.45, 2.75) is 31.8 Å². The number of hydrogen-bond acceptors (Lipinski definition) is 7. The normalized spacial score (nSPS) is 12.4. The van der Waals surface area contributed by atoms with Crippen molar-refractivity contribution in [3.8, 4) is 0 Å². The molecular weight excluding hydrogens is 356 g/mol. The van der Waals surface area contributed by atoms with Gasteiger partial charge in [-0.3, -0.25) is 0 Å². The number of halogens is 2. The van der Waals surface area contributed by atoms with Crippen LogP contribution in [0, 0.1) is 0 Å². The monoisotopic (exact) mass is 373 g/mol. The lowest BCUT2D eigenvalue weighted by atomic mass is 10.1. The Morgan fingerprint density at radius 3 is 2.75 bits per heavy atom. The lowest BCUT2D eigenvalue weighted by molar-refractivity contribution is 0.181. The molecule has 8 nitrogen and oxygen atoms in total. The third-order valence-corrected chi connectivity index (χ3v) is 4.12. The molecule has 0 radical (unpaired) electrons. The Balaban J connectivity index is 1.90. The van der Waals surface area contributed by atoms with Crippen LogP contribution in [-0.2, 0) is 11.2 Å². The van der Waals surface area contributed by atoms with E-state index in [4.69, 9.17) is 39.0 Å². The average Bonchev–Trinajstić information content (AvgIpc) is 2.98. The fourth-order valence-corrected chi connectivity index (χ4v) is 2.51. The van der Waals surface area contributed by atoms with E-state index in [0.29, 0.717) is 35.3 Å². The molecule has 0 fully saturated rings. The van der Waals surface area contributed by atoms with Gasteiger partial charge in [0.05, 0.1) is 22.6 Å². The molecule has 24 heavy (non-hydrogen) atoms. The van der Waals surface area contributed by atoms with Gasteiger partial charge in [0.1, 0.15) is 0 Å². The summed E-state index contributed by atoms with van der Waals surface area (Å²) in [5, 5.41) is 29.8. The van der Waals surface area contributed by atoms with Crippen molar-refractivity contribution in [3.63, 3.8) is 0 Å². The van der Waals surface area contributed by atoms with Crippen molar-refractivity contribution in [1.82, 2.24) is 20.2 Å². The maximum absolute atomic E-state index is 8.59. The molecule has 0 aliphatic carbocycles. The zero-order chi connectivity index (χ0) is 17.5. The summed E-state index contributed by atoms with van der Waals surface area (Å²) in [6, 6.07) is 5.00. The first-order valence-corrected chi connectivity index (χ1v) is 8.16. The molecule has 1 atom stereocenters. The number of rotatable bonds is 9. The molecule has 0 spiro atoms. The molecule has 0 amide bonds. The number of hydrogen-bond donors (Lipinski definition) is 3. The van der Waals surface area contributed by atoms with Crippen LogP contribution in [0.3, 0.4) is 0 Å². The van der Waals surface area contributed by atoms with Crippen LogP contribution < -0.4 is 5.73 Å². The highest BCUT2D eigenvalue weighted by molar-refractivity contribution is 6.42. The van der Waals surface area contributed by atoms with Gasteiger partial charge in [0, 0.05) is 6.61 Å². The number of benzene rings is 1. The average molecular weight is 374 g/mol.